The van der Waals surface area contributed by atoms with Gasteiger partial charge in [-0.05, 0) is 37.5 Å². The Labute approximate surface area is 161 Å². The number of anilines is 3. The smallest absolute Gasteiger partial charge is 0.254 e. The molecule has 4 rings (SSSR count). The number of nitrogens with two attached hydrogens (primary N) is 2. The van der Waals surface area contributed by atoms with Crippen LogP contribution in [0.1, 0.15) is 29.6 Å². The summed E-state index contributed by atoms with van der Waals surface area (Å²) in [5.74, 6) is 0.110. The van der Waals surface area contributed by atoms with Crippen LogP contribution in [0, 0.1) is 0 Å². The zero-order valence-electron chi connectivity index (χ0n) is 15.1. The van der Waals surface area contributed by atoms with E-state index in [1.165, 1.54) is 11.0 Å². The third-order valence-corrected chi connectivity index (χ3v) is 4.70. The second-order valence-electron chi connectivity index (χ2n) is 6.66. The minimum absolute atomic E-state index is 0.0640. The molecule has 28 heavy (non-hydrogen) atoms. The van der Waals surface area contributed by atoms with E-state index in [1.54, 1.807) is 12.4 Å². The summed E-state index contributed by atoms with van der Waals surface area (Å²) < 4.78 is 0. The average molecular weight is 379 g/mol. The maximum Gasteiger partial charge on any atom is 0.254 e. The van der Waals surface area contributed by atoms with Gasteiger partial charge in [-0.1, -0.05) is 6.07 Å². The number of carbonyl (C=O) groups is 1. The number of nitrogens with one attached hydrogen (secondary N) is 2. The van der Waals surface area contributed by atoms with Gasteiger partial charge in [-0.3, -0.25) is 4.79 Å². The number of aromatic nitrogens is 5. The molecule has 0 aliphatic heterocycles. The maximum absolute atomic E-state index is 11.8. The molecule has 1 aliphatic rings. The first-order valence-corrected chi connectivity index (χ1v) is 9.03. The summed E-state index contributed by atoms with van der Waals surface area (Å²) in [5, 5.41) is 14.6. The number of hydrogen-bond acceptors (Lipinski definition) is 8. The van der Waals surface area contributed by atoms with Gasteiger partial charge in [0.05, 0.1) is 18.1 Å². The van der Waals surface area contributed by atoms with Gasteiger partial charge < -0.3 is 22.1 Å². The summed E-state index contributed by atoms with van der Waals surface area (Å²) in [7, 11) is 0. The van der Waals surface area contributed by atoms with E-state index in [-0.39, 0.29) is 17.6 Å². The molecule has 2 atom stereocenters. The van der Waals surface area contributed by atoms with Crippen molar-refractivity contribution in [3.8, 4) is 5.69 Å². The molecule has 6 N–H and O–H groups in total. The van der Waals surface area contributed by atoms with Crippen LogP contribution in [0.3, 0.4) is 0 Å². The predicted molar refractivity (Wildman–Crippen MR) is 104 cm³/mol. The number of benzene rings is 1. The van der Waals surface area contributed by atoms with E-state index in [0.29, 0.717) is 17.5 Å². The Morgan fingerprint density at radius 2 is 2.04 bits per heavy atom. The second kappa shape index (κ2) is 7.61. The molecule has 10 nitrogen and oxygen atoms in total. The Morgan fingerprint density at radius 3 is 2.75 bits per heavy atom. The molecule has 2 heterocycles. The molecule has 0 bridgehead atoms. The first-order chi connectivity index (χ1) is 13.6. The molecule has 0 radical (unpaired) electrons. The van der Waals surface area contributed by atoms with Crippen LogP contribution in [0.2, 0.25) is 0 Å². The molecule has 144 valence electrons. The topological polar surface area (TPSA) is 150 Å². The lowest BCUT2D eigenvalue weighted by Crippen LogP contribution is -2.35. The highest BCUT2D eigenvalue weighted by atomic mass is 16.1. The van der Waals surface area contributed by atoms with Gasteiger partial charge in [-0.2, -0.15) is 20.0 Å². The standard InChI is InChI=1S/C18H21N9O/c19-14-5-2-6-15(14)25-18-21-10-13(16(20)28)17(26-18)24-11-3-1-4-12(9-11)27-22-7-8-23-27/h1,3-4,7-10,14-15H,2,5-6,19H2,(H2,20,28)(H2,21,24,25,26). The van der Waals surface area contributed by atoms with Crippen LogP contribution in [-0.2, 0) is 0 Å². The summed E-state index contributed by atoms with van der Waals surface area (Å²) in [4.78, 5) is 22.0. The molecule has 2 aromatic heterocycles. The molecule has 1 amide bonds. The van der Waals surface area contributed by atoms with Gasteiger partial charge in [-0.25, -0.2) is 4.98 Å². The van der Waals surface area contributed by atoms with Gasteiger partial charge in [0.1, 0.15) is 11.4 Å². The molecule has 0 saturated heterocycles. The lowest BCUT2D eigenvalue weighted by atomic mass is 10.2. The Kier molecular flexibility index (Phi) is 4.85. The number of nitrogens with zero attached hydrogens (tertiary/aromatic N) is 5. The van der Waals surface area contributed by atoms with E-state index < -0.39 is 5.91 Å². The zero-order valence-corrected chi connectivity index (χ0v) is 15.1. The Morgan fingerprint density at radius 1 is 1.21 bits per heavy atom. The first kappa shape index (κ1) is 17.9. The molecule has 1 aromatic carbocycles. The highest BCUT2D eigenvalue weighted by Crippen LogP contribution is 2.24. The zero-order chi connectivity index (χ0) is 19.5. The van der Waals surface area contributed by atoms with Crippen molar-refractivity contribution >= 4 is 23.4 Å². The minimum Gasteiger partial charge on any atom is -0.365 e. The SMILES string of the molecule is NC(=O)c1cnc(NC2CCCC2N)nc1Nc1cccc(-n2nccn2)c1. The van der Waals surface area contributed by atoms with E-state index in [4.69, 9.17) is 11.5 Å². The van der Waals surface area contributed by atoms with Gasteiger partial charge in [0.25, 0.3) is 5.91 Å². The van der Waals surface area contributed by atoms with Crippen molar-refractivity contribution in [1.82, 2.24) is 25.0 Å². The largest absolute Gasteiger partial charge is 0.365 e. The fourth-order valence-corrected chi connectivity index (χ4v) is 3.25. The summed E-state index contributed by atoms with van der Waals surface area (Å²) in [5.41, 5.74) is 13.3. The van der Waals surface area contributed by atoms with Crippen LogP contribution in [0.5, 0.6) is 0 Å². The van der Waals surface area contributed by atoms with Gasteiger partial charge in [0, 0.05) is 24.0 Å². The van der Waals surface area contributed by atoms with E-state index >= 15 is 0 Å². The van der Waals surface area contributed by atoms with Crippen molar-refractivity contribution in [1.29, 1.82) is 0 Å². The molecule has 1 aliphatic carbocycles. The molecular weight excluding hydrogens is 358 g/mol. The van der Waals surface area contributed by atoms with E-state index in [9.17, 15) is 4.79 Å². The number of hydrogen-bond donors (Lipinski definition) is 4. The monoisotopic (exact) mass is 379 g/mol. The molecule has 3 aromatic rings. The summed E-state index contributed by atoms with van der Waals surface area (Å²) in [6, 6.07) is 7.58. The average Bonchev–Trinajstić information content (AvgIpc) is 3.35. The van der Waals surface area contributed by atoms with Crippen LogP contribution in [-0.4, -0.2) is 43.0 Å². The van der Waals surface area contributed by atoms with Crippen LogP contribution < -0.4 is 22.1 Å². The highest BCUT2D eigenvalue weighted by molar-refractivity contribution is 5.98. The number of rotatable bonds is 6. The van der Waals surface area contributed by atoms with Crippen LogP contribution in [0.25, 0.3) is 5.69 Å². The summed E-state index contributed by atoms with van der Waals surface area (Å²) in [6.07, 6.45) is 7.61. The number of amides is 1. The lowest BCUT2D eigenvalue weighted by molar-refractivity contribution is 0.100. The maximum atomic E-state index is 11.8. The Balaban J connectivity index is 1.61. The van der Waals surface area contributed by atoms with Crippen molar-refractivity contribution in [2.75, 3.05) is 10.6 Å². The minimum atomic E-state index is -0.614. The van der Waals surface area contributed by atoms with Crippen molar-refractivity contribution in [2.45, 2.75) is 31.3 Å². The fraction of sp³-hybridized carbons (Fsp3) is 0.278. The molecule has 0 spiro atoms. The first-order valence-electron chi connectivity index (χ1n) is 9.03. The Bertz CT molecular complexity index is 973. The quantitative estimate of drug-likeness (QED) is 0.499. The fourth-order valence-electron chi connectivity index (χ4n) is 3.25. The van der Waals surface area contributed by atoms with Crippen molar-refractivity contribution < 1.29 is 4.79 Å². The van der Waals surface area contributed by atoms with E-state index in [2.05, 4.69) is 30.8 Å². The normalized spacial score (nSPS) is 18.8. The Hall–Kier alpha value is -3.53. The molecule has 1 saturated carbocycles. The van der Waals surface area contributed by atoms with E-state index in [1.807, 2.05) is 24.3 Å². The van der Waals surface area contributed by atoms with Gasteiger partial charge in [0.2, 0.25) is 5.95 Å². The third-order valence-electron chi connectivity index (χ3n) is 4.70. The number of carbonyl (C=O) groups excluding carboxylic acids is 1. The predicted octanol–water partition coefficient (Wildman–Crippen LogP) is 1.19. The molecule has 1 fully saturated rings. The molecule has 10 heteroatoms. The van der Waals surface area contributed by atoms with Crippen molar-refractivity contribution in [2.24, 2.45) is 11.5 Å². The molecule has 2 unspecified atom stereocenters. The third kappa shape index (κ3) is 3.76. The summed E-state index contributed by atoms with van der Waals surface area (Å²) >= 11 is 0. The van der Waals surface area contributed by atoms with Crippen LogP contribution in [0.4, 0.5) is 17.5 Å². The summed E-state index contributed by atoms with van der Waals surface area (Å²) in [6.45, 7) is 0. The highest BCUT2D eigenvalue weighted by Gasteiger charge is 2.25. The number of primary amides is 1. The van der Waals surface area contributed by atoms with Crippen LogP contribution >= 0.6 is 0 Å². The molecular formula is C18H21N9O. The van der Waals surface area contributed by atoms with Crippen molar-refractivity contribution in [3.63, 3.8) is 0 Å². The lowest BCUT2D eigenvalue weighted by Gasteiger charge is -2.18. The van der Waals surface area contributed by atoms with E-state index in [0.717, 1.165) is 24.9 Å². The van der Waals surface area contributed by atoms with Gasteiger partial charge in [-0.15, -0.1) is 0 Å². The van der Waals surface area contributed by atoms with Crippen LogP contribution in [0.15, 0.2) is 42.9 Å². The van der Waals surface area contributed by atoms with Gasteiger partial charge >= 0.3 is 0 Å². The second-order valence-corrected chi connectivity index (χ2v) is 6.66. The van der Waals surface area contributed by atoms with Gasteiger partial charge in [0.15, 0.2) is 0 Å². The van der Waals surface area contributed by atoms with Crippen molar-refractivity contribution in [3.05, 3.63) is 48.4 Å².